The summed E-state index contributed by atoms with van der Waals surface area (Å²) in [7, 11) is 1.59. The third kappa shape index (κ3) is 3.48. The van der Waals surface area contributed by atoms with Crippen molar-refractivity contribution in [3.63, 3.8) is 0 Å². The number of ether oxygens (including phenoxy) is 2. The maximum Gasteiger partial charge on any atom is 0.287 e. The van der Waals surface area contributed by atoms with Gasteiger partial charge in [0, 0.05) is 12.1 Å². The molecule has 0 N–H and O–H groups in total. The summed E-state index contributed by atoms with van der Waals surface area (Å²) < 4.78 is 10.6. The van der Waals surface area contributed by atoms with E-state index in [4.69, 9.17) is 14.7 Å². The standard InChI is InChI=1S/C15H12N2O4/c1-20-13-4-2-11(3-5-13)10-21-14-6-7-15(17(18)19)12(8-14)9-16/h2-8H,10H2,1H3. The number of nitriles is 1. The van der Waals surface area contributed by atoms with E-state index in [0.717, 1.165) is 11.3 Å². The predicted octanol–water partition coefficient (Wildman–Crippen LogP) is 3.05. The van der Waals surface area contributed by atoms with E-state index < -0.39 is 4.92 Å². The molecule has 0 aliphatic rings. The molecule has 0 fully saturated rings. The quantitative estimate of drug-likeness (QED) is 0.622. The molecule has 0 aromatic heterocycles. The van der Waals surface area contributed by atoms with Gasteiger partial charge in [-0.1, -0.05) is 12.1 Å². The first-order valence-corrected chi connectivity index (χ1v) is 6.08. The van der Waals surface area contributed by atoms with Gasteiger partial charge in [0.1, 0.15) is 29.7 Å². The molecule has 6 nitrogen and oxygen atoms in total. The van der Waals surface area contributed by atoms with Gasteiger partial charge in [0.25, 0.3) is 5.69 Å². The Morgan fingerprint density at radius 2 is 1.86 bits per heavy atom. The van der Waals surface area contributed by atoms with Crippen LogP contribution < -0.4 is 9.47 Å². The number of rotatable bonds is 5. The summed E-state index contributed by atoms with van der Waals surface area (Å²) in [5.41, 5.74) is 0.675. The van der Waals surface area contributed by atoms with Gasteiger partial charge >= 0.3 is 0 Å². The lowest BCUT2D eigenvalue weighted by atomic mass is 10.2. The monoisotopic (exact) mass is 284 g/mol. The second-order valence-electron chi connectivity index (χ2n) is 4.18. The lowest BCUT2D eigenvalue weighted by Crippen LogP contribution is -1.97. The first-order chi connectivity index (χ1) is 10.1. The number of methoxy groups -OCH3 is 1. The van der Waals surface area contributed by atoms with Gasteiger partial charge in [0.15, 0.2) is 0 Å². The molecule has 0 heterocycles. The van der Waals surface area contributed by atoms with Crippen LogP contribution in [0.3, 0.4) is 0 Å². The van der Waals surface area contributed by atoms with Crippen LogP contribution in [-0.4, -0.2) is 12.0 Å². The molecule has 2 aromatic carbocycles. The van der Waals surface area contributed by atoms with E-state index in [1.54, 1.807) is 13.2 Å². The van der Waals surface area contributed by atoms with Crippen molar-refractivity contribution in [1.29, 1.82) is 5.26 Å². The number of hydrogen-bond acceptors (Lipinski definition) is 5. The van der Waals surface area contributed by atoms with Gasteiger partial charge in [-0.3, -0.25) is 10.1 Å². The fourth-order valence-corrected chi connectivity index (χ4v) is 1.74. The third-order valence-electron chi connectivity index (χ3n) is 2.85. The second kappa shape index (κ2) is 6.39. The second-order valence-corrected chi connectivity index (χ2v) is 4.18. The molecular formula is C15H12N2O4. The Hall–Kier alpha value is -3.07. The van der Waals surface area contributed by atoms with E-state index in [0.29, 0.717) is 12.4 Å². The van der Waals surface area contributed by atoms with Gasteiger partial charge in [0.05, 0.1) is 12.0 Å². The summed E-state index contributed by atoms with van der Waals surface area (Å²) in [4.78, 5) is 10.1. The molecule has 0 bridgehead atoms. The van der Waals surface area contributed by atoms with Crippen LogP contribution in [0, 0.1) is 21.4 Å². The molecule has 0 unspecified atom stereocenters. The first-order valence-electron chi connectivity index (χ1n) is 6.08. The van der Waals surface area contributed by atoms with Crippen LogP contribution in [-0.2, 0) is 6.61 Å². The zero-order valence-electron chi connectivity index (χ0n) is 11.3. The summed E-state index contributed by atoms with van der Waals surface area (Å²) in [6, 6.07) is 13.2. The minimum absolute atomic E-state index is 0.0211. The highest BCUT2D eigenvalue weighted by atomic mass is 16.6. The Morgan fingerprint density at radius 3 is 2.43 bits per heavy atom. The lowest BCUT2D eigenvalue weighted by molar-refractivity contribution is -0.385. The molecular weight excluding hydrogens is 272 g/mol. The molecule has 2 aromatic rings. The van der Waals surface area contributed by atoms with Gasteiger partial charge in [0.2, 0.25) is 0 Å². The van der Waals surface area contributed by atoms with E-state index in [9.17, 15) is 10.1 Å². The van der Waals surface area contributed by atoms with Crippen molar-refractivity contribution >= 4 is 5.69 Å². The third-order valence-corrected chi connectivity index (χ3v) is 2.85. The Kier molecular flexibility index (Phi) is 4.36. The van der Waals surface area contributed by atoms with E-state index in [1.807, 2.05) is 24.3 Å². The fourth-order valence-electron chi connectivity index (χ4n) is 1.74. The maximum atomic E-state index is 10.7. The van der Waals surface area contributed by atoms with Crippen molar-refractivity contribution in [1.82, 2.24) is 0 Å². The minimum atomic E-state index is -0.591. The summed E-state index contributed by atoms with van der Waals surface area (Å²) in [5.74, 6) is 1.16. The smallest absolute Gasteiger partial charge is 0.287 e. The molecule has 0 aliphatic heterocycles. The van der Waals surface area contributed by atoms with Crippen molar-refractivity contribution in [2.45, 2.75) is 6.61 Å². The molecule has 0 spiro atoms. The van der Waals surface area contributed by atoms with Crippen molar-refractivity contribution < 1.29 is 14.4 Å². The minimum Gasteiger partial charge on any atom is -0.497 e. The summed E-state index contributed by atoms with van der Waals surface area (Å²) >= 11 is 0. The lowest BCUT2D eigenvalue weighted by Gasteiger charge is -2.07. The highest BCUT2D eigenvalue weighted by molar-refractivity contribution is 5.52. The van der Waals surface area contributed by atoms with Crippen LogP contribution in [0.25, 0.3) is 0 Å². The van der Waals surface area contributed by atoms with Crippen LogP contribution in [0.5, 0.6) is 11.5 Å². The Bertz CT molecular complexity index is 690. The van der Waals surface area contributed by atoms with Crippen LogP contribution >= 0.6 is 0 Å². The highest BCUT2D eigenvalue weighted by Gasteiger charge is 2.14. The van der Waals surface area contributed by atoms with Gasteiger partial charge in [-0.15, -0.1) is 0 Å². The molecule has 6 heteroatoms. The number of benzene rings is 2. The average molecular weight is 284 g/mol. The molecule has 21 heavy (non-hydrogen) atoms. The van der Waals surface area contributed by atoms with Crippen LogP contribution in [0.4, 0.5) is 5.69 Å². The normalized spacial score (nSPS) is 9.71. The zero-order valence-corrected chi connectivity index (χ0v) is 11.3. The van der Waals surface area contributed by atoms with Crippen molar-refractivity contribution in [2.24, 2.45) is 0 Å². The van der Waals surface area contributed by atoms with Gasteiger partial charge in [-0.25, -0.2) is 0 Å². The van der Waals surface area contributed by atoms with Gasteiger partial charge in [-0.05, 0) is 23.8 Å². The van der Waals surface area contributed by atoms with Crippen LogP contribution in [0.1, 0.15) is 11.1 Å². The fraction of sp³-hybridized carbons (Fsp3) is 0.133. The molecule has 0 saturated carbocycles. The first kappa shape index (κ1) is 14.3. The van der Waals surface area contributed by atoms with Crippen molar-refractivity contribution in [3.8, 4) is 17.6 Å². The Morgan fingerprint density at radius 1 is 1.19 bits per heavy atom. The summed E-state index contributed by atoms with van der Waals surface area (Å²) in [6.07, 6.45) is 0. The SMILES string of the molecule is COc1ccc(COc2ccc([N+](=O)[O-])c(C#N)c2)cc1. The number of nitrogens with zero attached hydrogens (tertiary/aromatic N) is 2. The Labute approximate surface area is 121 Å². The predicted molar refractivity (Wildman–Crippen MR) is 75.1 cm³/mol. The van der Waals surface area contributed by atoms with E-state index in [1.165, 1.54) is 18.2 Å². The molecule has 0 aliphatic carbocycles. The number of nitro benzene ring substituents is 1. The molecule has 0 amide bonds. The highest BCUT2D eigenvalue weighted by Crippen LogP contribution is 2.24. The summed E-state index contributed by atoms with van der Waals surface area (Å²) in [6.45, 7) is 0.298. The molecule has 0 saturated heterocycles. The molecule has 2 rings (SSSR count). The number of hydrogen-bond donors (Lipinski definition) is 0. The summed E-state index contributed by atoms with van der Waals surface area (Å²) in [5, 5.41) is 19.6. The van der Waals surface area contributed by atoms with Gasteiger partial charge in [-0.2, -0.15) is 5.26 Å². The van der Waals surface area contributed by atoms with E-state index >= 15 is 0 Å². The van der Waals surface area contributed by atoms with Crippen molar-refractivity contribution in [2.75, 3.05) is 7.11 Å². The van der Waals surface area contributed by atoms with E-state index in [2.05, 4.69) is 0 Å². The van der Waals surface area contributed by atoms with Crippen LogP contribution in [0.2, 0.25) is 0 Å². The molecule has 0 radical (unpaired) electrons. The molecule has 0 atom stereocenters. The van der Waals surface area contributed by atoms with Crippen molar-refractivity contribution in [3.05, 3.63) is 63.7 Å². The number of nitro groups is 1. The Balaban J connectivity index is 2.09. The molecule has 106 valence electrons. The largest absolute Gasteiger partial charge is 0.497 e. The maximum absolute atomic E-state index is 10.7. The average Bonchev–Trinajstić information content (AvgIpc) is 2.52. The van der Waals surface area contributed by atoms with Gasteiger partial charge < -0.3 is 9.47 Å². The topological polar surface area (TPSA) is 85.4 Å². The van der Waals surface area contributed by atoms with Crippen LogP contribution in [0.15, 0.2) is 42.5 Å². The zero-order chi connectivity index (χ0) is 15.2. The van der Waals surface area contributed by atoms with E-state index in [-0.39, 0.29) is 11.3 Å².